The molecule has 0 atom stereocenters. The molecule has 0 aliphatic rings. The Hall–Kier alpha value is -3.47. The fourth-order valence-corrected chi connectivity index (χ4v) is 6.67. The van der Waals surface area contributed by atoms with Crippen LogP contribution >= 0.6 is 24.8 Å². The fourth-order valence-electron chi connectivity index (χ4n) is 6.67. The van der Waals surface area contributed by atoms with Gasteiger partial charge in [0, 0.05) is 0 Å². The van der Waals surface area contributed by atoms with E-state index in [9.17, 15) is 13.2 Å². The van der Waals surface area contributed by atoms with Gasteiger partial charge in [-0.05, 0) is 44.2 Å². The van der Waals surface area contributed by atoms with E-state index in [1.54, 1.807) is 12.1 Å². The second-order valence-electron chi connectivity index (χ2n) is 12.3. The molecule has 0 aromatic heterocycles. The number of rotatable bonds is 3. The molecule has 0 spiro atoms. The summed E-state index contributed by atoms with van der Waals surface area (Å²) >= 11 is 1.36. The van der Waals surface area contributed by atoms with Crippen LogP contribution in [0.15, 0.2) is 140 Å². The summed E-state index contributed by atoms with van der Waals surface area (Å²) in [4.78, 5) is 0. The molecule has 0 aliphatic carbocycles. The van der Waals surface area contributed by atoms with Crippen LogP contribution in [0.5, 0.6) is 0 Å². The number of halogens is 5. The van der Waals surface area contributed by atoms with E-state index in [2.05, 4.69) is 93.5 Å². The molecule has 8 rings (SSSR count). The van der Waals surface area contributed by atoms with E-state index in [1.165, 1.54) is 67.6 Å². The third kappa shape index (κ3) is 9.00. The molecular formula is C45H41Cl2F3SiZr-4. The SMILES string of the molecule is CC(C)c1cc2c(-c3cccc4ccccc34)cccc2[cH-]1.Cc1cc2c(-c3cccc4ccccc34)ccc(C(F)(F)F)c2[cH-]1.Cl.Cl.[CH3-].[CH3-].[Si]=[Zr]. The first-order valence-electron chi connectivity index (χ1n) is 15.9. The quantitative estimate of drug-likeness (QED) is 0.123. The van der Waals surface area contributed by atoms with Gasteiger partial charge in [-0.1, -0.05) is 135 Å². The molecule has 7 heteroatoms. The predicted octanol–water partition coefficient (Wildman–Crippen LogP) is 14.6. The first kappa shape index (κ1) is 44.7. The van der Waals surface area contributed by atoms with Crippen molar-refractivity contribution in [3.8, 4) is 22.3 Å². The first-order chi connectivity index (χ1) is 23.2. The van der Waals surface area contributed by atoms with Gasteiger partial charge >= 0.3 is 36.4 Å². The molecule has 8 aromatic carbocycles. The molecule has 268 valence electrons. The number of hydrogen-bond acceptors (Lipinski definition) is 0. The van der Waals surface area contributed by atoms with E-state index in [-0.39, 0.29) is 45.1 Å². The van der Waals surface area contributed by atoms with E-state index >= 15 is 0 Å². The second-order valence-corrected chi connectivity index (χ2v) is 12.3. The Bertz CT molecular complexity index is 2380. The van der Waals surface area contributed by atoms with Gasteiger partial charge in [-0.2, -0.15) is 25.3 Å². The third-order valence-corrected chi connectivity index (χ3v) is 8.94. The predicted molar refractivity (Wildman–Crippen MR) is 222 cm³/mol. The van der Waals surface area contributed by atoms with Crippen molar-refractivity contribution < 1.29 is 36.5 Å². The van der Waals surface area contributed by atoms with Crippen LogP contribution < -0.4 is 0 Å². The van der Waals surface area contributed by atoms with E-state index in [1.807, 2.05) is 55.5 Å². The molecule has 0 bridgehead atoms. The molecule has 0 fully saturated rings. The summed E-state index contributed by atoms with van der Waals surface area (Å²) in [5.41, 5.74) is 6.13. The zero-order valence-electron chi connectivity index (χ0n) is 29.8. The zero-order chi connectivity index (χ0) is 34.0. The summed E-state index contributed by atoms with van der Waals surface area (Å²) < 4.78 is 39.9. The Balaban J connectivity index is 0.000000321. The Labute approximate surface area is 335 Å². The molecule has 52 heavy (non-hydrogen) atoms. The summed E-state index contributed by atoms with van der Waals surface area (Å²) in [5, 5.41) is 8.37. The van der Waals surface area contributed by atoms with Crippen LogP contribution in [0.1, 0.15) is 36.5 Å². The van der Waals surface area contributed by atoms with Crippen molar-refractivity contribution in [2.75, 3.05) is 0 Å². The van der Waals surface area contributed by atoms with Gasteiger partial charge in [0.05, 0.1) is 0 Å². The molecule has 0 amide bonds. The van der Waals surface area contributed by atoms with Crippen molar-refractivity contribution in [3.05, 3.63) is 171 Å². The number of aryl methyl sites for hydroxylation is 1. The van der Waals surface area contributed by atoms with Crippen LogP contribution in [-0.2, 0) is 29.5 Å². The fraction of sp³-hybridized carbons (Fsp3) is 0.111. The zero-order valence-corrected chi connectivity index (χ0v) is 34.9. The summed E-state index contributed by atoms with van der Waals surface area (Å²) in [6.45, 7) is 9.40. The van der Waals surface area contributed by atoms with Crippen molar-refractivity contribution >= 4 is 74.8 Å². The molecule has 0 nitrogen and oxygen atoms in total. The summed E-state index contributed by atoms with van der Waals surface area (Å²) in [7, 11) is 0. The molecule has 2 radical (unpaired) electrons. The minimum atomic E-state index is -4.35. The summed E-state index contributed by atoms with van der Waals surface area (Å²) in [5.74, 6) is 0.563. The molecule has 8 aromatic rings. The van der Waals surface area contributed by atoms with Gasteiger partial charge in [0.2, 0.25) is 0 Å². The summed E-state index contributed by atoms with van der Waals surface area (Å²) in [6, 6.07) is 46.6. The van der Waals surface area contributed by atoms with Crippen LogP contribution in [0.3, 0.4) is 0 Å². The van der Waals surface area contributed by atoms with Crippen LogP contribution in [0.25, 0.3) is 65.3 Å². The van der Waals surface area contributed by atoms with Crippen LogP contribution in [0.4, 0.5) is 13.2 Å². The second kappa shape index (κ2) is 19.0. The van der Waals surface area contributed by atoms with E-state index < -0.39 is 11.7 Å². The van der Waals surface area contributed by atoms with Crippen LogP contribution in [-0.4, -0.2) is 6.88 Å². The van der Waals surface area contributed by atoms with Gasteiger partial charge in [0.25, 0.3) is 0 Å². The maximum absolute atomic E-state index is 13.3. The van der Waals surface area contributed by atoms with Crippen molar-refractivity contribution in [1.29, 1.82) is 0 Å². The van der Waals surface area contributed by atoms with Crippen molar-refractivity contribution in [1.82, 2.24) is 0 Å². The average Bonchev–Trinajstić information content (AvgIpc) is 3.72. The Morgan fingerprint density at radius 3 is 1.54 bits per heavy atom. The van der Waals surface area contributed by atoms with Gasteiger partial charge < -0.3 is 14.9 Å². The van der Waals surface area contributed by atoms with Crippen LogP contribution in [0, 0.1) is 21.8 Å². The van der Waals surface area contributed by atoms with Crippen LogP contribution in [0.2, 0.25) is 0 Å². The maximum atomic E-state index is 13.3. The average molecular weight is 829 g/mol. The molecule has 0 N–H and O–H groups in total. The van der Waals surface area contributed by atoms with Crippen molar-refractivity contribution in [2.24, 2.45) is 0 Å². The number of benzene rings is 6. The normalized spacial score (nSPS) is 10.6. The van der Waals surface area contributed by atoms with E-state index in [0.717, 1.165) is 27.5 Å². The standard InChI is InChI=1S/C22H19.C21H14F3.2CH3.2ClH.Si.Zr/c1-15(2)18-13-17-9-6-12-21(22(17)14-18)20-11-5-8-16-7-3-4-10-19(16)20;1-13-11-18-17(9-10-20(19(18)12-13)21(22,23)24)16-8-4-6-14-5-2-3-7-15(14)16;;;;;;/h3-15H,1-2H3;2-12H,1H3;2*1H3;2*1H;;/q4*-1;;;;. The Kier molecular flexibility index (Phi) is 16.4. The van der Waals surface area contributed by atoms with Gasteiger partial charge in [-0.25, -0.2) is 0 Å². The third-order valence-electron chi connectivity index (χ3n) is 8.94. The summed E-state index contributed by atoms with van der Waals surface area (Å²) in [6.07, 6.45) is -4.35. The van der Waals surface area contributed by atoms with Gasteiger partial charge in [0.15, 0.2) is 0 Å². The Morgan fingerprint density at radius 1 is 0.558 bits per heavy atom. The Morgan fingerprint density at radius 2 is 1.02 bits per heavy atom. The number of fused-ring (bicyclic) bond motifs is 4. The number of alkyl halides is 3. The molecule has 0 aliphatic heterocycles. The van der Waals surface area contributed by atoms with Gasteiger partial charge in [0.1, 0.15) is 0 Å². The topological polar surface area (TPSA) is 0 Å². The monoisotopic (exact) mass is 826 g/mol. The van der Waals surface area contributed by atoms with E-state index in [0.29, 0.717) is 11.3 Å². The molecule has 0 heterocycles. The van der Waals surface area contributed by atoms with Gasteiger partial charge in [-0.3, -0.25) is 0 Å². The molecule has 0 unspecified atom stereocenters. The van der Waals surface area contributed by atoms with Crippen molar-refractivity contribution in [3.63, 3.8) is 0 Å². The minimum absolute atomic E-state index is 0. The molecular weight excluding hydrogens is 788 g/mol. The van der Waals surface area contributed by atoms with Crippen molar-refractivity contribution in [2.45, 2.75) is 32.9 Å². The molecule has 0 saturated carbocycles. The number of hydrogen-bond donors (Lipinski definition) is 0. The van der Waals surface area contributed by atoms with E-state index in [4.69, 9.17) is 0 Å². The molecule has 0 saturated heterocycles. The first-order valence-corrected chi connectivity index (χ1v) is 20.1. The van der Waals surface area contributed by atoms with Gasteiger partial charge in [-0.15, -0.1) is 81.8 Å².